The number of hydrogen-bond donors (Lipinski definition) is 0. The lowest BCUT2D eigenvalue weighted by atomic mass is 9.95. The number of furan rings is 2. The monoisotopic (exact) mass is 703 g/mol. The van der Waals surface area contributed by atoms with E-state index in [1.165, 1.54) is 33.0 Å². The van der Waals surface area contributed by atoms with E-state index in [0.29, 0.717) is 0 Å². The average Bonchev–Trinajstić information content (AvgIpc) is 3.81. The summed E-state index contributed by atoms with van der Waals surface area (Å²) in [5, 5.41) is 6.58. The molecule has 0 amide bonds. The van der Waals surface area contributed by atoms with E-state index in [1.807, 2.05) is 12.1 Å². The van der Waals surface area contributed by atoms with Crippen LogP contribution in [-0.2, 0) is 0 Å². The van der Waals surface area contributed by atoms with Crippen LogP contribution in [0.2, 0.25) is 0 Å². The van der Waals surface area contributed by atoms with Crippen LogP contribution in [0.15, 0.2) is 209 Å². The van der Waals surface area contributed by atoms with Gasteiger partial charge >= 0.3 is 0 Å². The largest absolute Gasteiger partial charge is 0.456 e. The second kappa shape index (κ2) is 12.6. The van der Waals surface area contributed by atoms with Crippen LogP contribution in [0.4, 0.5) is 17.1 Å². The van der Waals surface area contributed by atoms with Gasteiger partial charge in [-0.05, 0) is 99.3 Å². The van der Waals surface area contributed by atoms with Crippen LogP contribution in [0.1, 0.15) is 0 Å². The zero-order valence-electron chi connectivity index (χ0n) is 29.8. The van der Waals surface area contributed by atoms with Gasteiger partial charge in [0, 0.05) is 44.2 Å². The molecule has 0 aliphatic rings. The van der Waals surface area contributed by atoms with E-state index < -0.39 is 0 Å². The summed E-state index contributed by atoms with van der Waals surface area (Å²) in [6, 6.07) is 70.8. The molecule has 9 aromatic carbocycles. The van der Waals surface area contributed by atoms with Crippen molar-refractivity contribution in [2.75, 3.05) is 4.90 Å². The summed E-state index contributed by atoms with van der Waals surface area (Å²) in [6.45, 7) is 0. The molecule has 258 valence electrons. The molecule has 2 heterocycles. The van der Waals surface area contributed by atoms with Gasteiger partial charge in [0.25, 0.3) is 0 Å². The highest BCUT2D eigenvalue weighted by Gasteiger charge is 2.23. The molecule has 0 atom stereocenters. The van der Waals surface area contributed by atoms with Gasteiger partial charge in [-0.1, -0.05) is 140 Å². The van der Waals surface area contributed by atoms with Crippen LogP contribution < -0.4 is 4.90 Å². The van der Waals surface area contributed by atoms with Gasteiger partial charge in [0.1, 0.15) is 22.3 Å². The van der Waals surface area contributed by atoms with E-state index in [1.54, 1.807) is 0 Å². The summed E-state index contributed by atoms with van der Waals surface area (Å²) in [7, 11) is 0. The Kier molecular flexibility index (Phi) is 7.17. The molecular weight excluding hydrogens is 671 g/mol. The Bertz CT molecular complexity index is 3090. The summed E-state index contributed by atoms with van der Waals surface area (Å²) < 4.78 is 13.5. The topological polar surface area (TPSA) is 29.5 Å². The number of nitrogens with zero attached hydrogens (tertiary/aromatic N) is 1. The number of hydrogen-bond acceptors (Lipinski definition) is 3. The van der Waals surface area contributed by atoms with Gasteiger partial charge in [0.15, 0.2) is 0 Å². The molecule has 0 saturated heterocycles. The zero-order chi connectivity index (χ0) is 36.3. The number of anilines is 3. The molecule has 0 spiro atoms. The van der Waals surface area contributed by atoms with Crippen LogP contribution in [-0.4, -0.2) is 0 Å². The van der Waals surface area contributed by atoms with E-state index >= 15 is 0 Å². The first kappa shape index (κ1) is 31.2. The van der Waals surface area contributed by atoms with E-state index in [4.69, 9.17) is 8.83 Å². The molecule has 11 rings (SSSR count). The van der Waals surface area contributed by atoms with Gasteiger partial charge in [0.2, 0.25) is 0 Å². The third kappa shape index (κ3) is 5.28. The Labute approximate surface area is 317 Å². The second-order valence-corrected chi connectivity index (χ2v) is 14.1. The molecule has 0 aliphatic heterocycles. The highest BCUT2D eigenvalue weighted by Crippen LogP contribution is 2.47. The lowest BCUT2D eigenvalue weighted by Crippen LogP contribution is -2.09. The third-order valence-electron chi connectivity index (χ3n) is 10.8. The molecule has 0 radical (unpaired) electrons. The Morgan fingerprint density at radius 2 is 0.855 bits per heavy atom. The molecule has 0 aliphatic carbocycles. The van der Waals surface area contributed by atoms with Gasteiger partial charge in [0.05, 0.1) is 0 Å². The van der Waals surface area contributed by atoms with E-state index in [2.05, 4.69) is 193 Å². The standard InChI is InChI=1S/C52H33NO2/c1-3-11-34(12-4-1)37-21-25-41(26-22-37)53(42-27-23-38(24-28-42)35-13-5-2-6-14-35)43-29-30-48-45(32-43)46-33-49-51(44-17-9-10-18-47(44)54-49)50(52(46)55-48)40-20-19-36-15-7-8-16-39(36)31-40/h1-33H. The molecule has 3 nitrogen and oxygen atoms in total. The fourth-order valence-corrected chi connectivity index (χ4v) is 8.18. The summed E-state index contributed by atoms with van der Waals surface area (Å²) in [4.78, 5) is 2.33. The quantitative estimate of drug-likeness (QED) is 0.173. The summed E-state index contributed by atoms with van der Waals surface area (Å²) >= 11 is 0. The Balaban J connectivity index is 1.12. The number of fused-ring (bicyclic) bond motifs is 7. The lowest BCUT2D eigenvalue weighted by molar-refractivity contribution is 0.664. The van der Waals surface area contributed by atoms with Crippen molar-refractivity contribution in [3.8, 4) is 33.4 Å². The third-order valence-corrected chi connectivity index (χ3v) is 10.8. The molecule has 0 unspecified atom stereocenters. The Morgan fingerprint density at radius 3 is 1.55 bits per heavy atom. The van der Waals surface area contributed by atoms with Crippen LogP contribution in [0.5, 0.6) is 0 Å². The first-order valence-corrected chi connectivity index (χ1v) is 18.7. The molecule has 0 fully saturated rings. The molecule has 3 heteroatoms. The van der Waals surface area contributed by atoms with Gasteiger partial charge in [-0.2, -0.15) is 0 Å². The van der Waals surface area contributed by atoms with Crippen molar-refractivity contribution < 1.29 is 8.83 Å². The van der Waals surface area contributed by atoms with E-state index in [9.17, 15) is 0 Å². The van der Waals surface area contributed by atoms with E-state index in [-0.39, 0.29) is 0 Å². The minimum atomic E-state index is 0.830. The zero-order valence-corrected chi connectivity index (χ0v) is 29.8. The van der Waals surface area contributed by atoms with Gasteiger partial charge in [-0.25, -0.2) is 0 Å². The maximum atomic E-state index is 6.89. The minimum Gasteiger partial charge on any atom is -0.456 e. The molecule has 0 saturated carbocycles. The molecule has 55 heavy (non-hydrogen) atoms. The van der Waals surface area contributed by atoms with E-state index in [0.717, 1.165) is 72.1 Å². The van der Waals surface area contributed by atoms with Crippen LogP contribution >= 0.6 is 0 Å². The van der Waals surface area contributed by atoms with Crippen LogP contribution in [0.3, 0.4) is 0 Å². The fourth-order valence-electron chi connectivity index (χ4n) is 8.18. The SMILES string of the molecule is c1ccc(-c2ccc(N(c3ccc(-c4ccccc4)cc3)c3ccc4oc5c(-c6ccc7ccccc7c6)c6c(cc5c4c3)oc3ccccc36)cc2)cc1. The molecule has 11 aromatic rings. The molecule has 0 N–H and O–H groups in total. The maximum Gasteiger partial charge on any atom is 0.144 e. The summed E-state index contributed by atoms with van der Waals surface area (Å²) in [6.07, 6.45) is 0. The number of para-hydroxylation sites is 1. The molecule has 0 bridgehead atoms. The highest BCUT2D eigenvalue weighted by molar-refractivity contribution is 6.24. The van der Waals surface area contributed by atoms with Crippen molar-refractivity contribution in [3.63, 3.8) is 0 Å². The highest BCUT2D eigenvalue weighted by atomic mass is 16.3. The predicted molar refractivity (Wildman–Crippen MR) is 229 cm³/mol. The first-order chi connectivity index (χ1) is 27.2. The van der Waals surface area contributed by atoms with Crippen LogP contribution in [0.25, 0.3) is 88.0 Å². The average molecular weight is 704 g/mol. The first-order valence-electron chi connectivity index (χ1n) is 18.7. The Hall–Kier alpha value is -7.36. The van der Waals surface area contributed by atoms with Gasteiger partial charge in [-0.15, -0.1) is 0 Å². The van der Waals surface area contributed by atoms with Crippen molar-refractivity contribution in [1.29, 1.82) is 0 Å². The fraction of sp³-hybridized carbons (Fsp3) is 0. The summed E-state index contributed by atoms with van der Waals surface area (Å²) in [5.41, 5.74) is 13.4. The van der Waals surface area contributed by atoms with Gasteiger partial charge < -0.3 is 13.7 Å². The summed E-state index contributed by atoms with van der Waals surface area (Å²) in [5.74, 6) is 0. The van der Waals surface area contributed by atoms with Gasteiger partial charge in [-0.3, -0.25) is 0 Å². The molecular formula is C52H33NO2. The minimum absolute atomic E-state index is 0.830. The van der Waals surface area contributed by atoms with Crippen molar-refractivity contribution in [2.24, 2.45) is 0 Å². The lowest BCUT2D eigenvalue weighted by Gasteiger charge is -2.26. The van der Waals surface area contributed by atoms with Crippen LogP contribution in [0, 0.1) is 0 Å². The number of rotatable bonds is 6. The predicted octanol–water partition coefficient (Wildman–Crippen LogP) is 15.1. The molecule has 2 aromatic heterocycles. The Morgan fingerprint density at radius 1 is 0.309 bits per heavy atom. The smallest absolute Gasteiger partial charge is 0.144 e. The van der Waals surface area contributed by atoms with Crippen molar-refractivity contribution >= 4 is 71.7 Å². The number of benzene rings is 9. The van der Waals surface area contributed by atoms with Crippen molar-refractivity contribution in [3.05, 3.63) is 200 Å². The maximum absolute atomic E-state index is 6.89. The van der Waals surface area contributed by atoms with Crippen molar-refractivity contribution in [2.45, 2.75) is 0 Å². The van der Waals surface area contributed by atoms with Crippen molar-refractivity contribution in [1.82, 2.24) is 0 Å². The second-order valence-electron chi connectivity index (χ2n) is 14.1. The normalized spacial score (nSPS) is 11.6.